The second kappa shape index (κ2) is 6.84. The molecular formula is C19H19N5O. The van der Waals surface area contributed by atoms with Gasteiger partial charge in [0, 0.05) is 37.0 Å². The van der Waals surface area contributed by atoms with Crippen molar-refractivity contribution in [3.05, 3.63) is 72.3 Å². The van der Waals surface area contributed by atoms with Gasteiger partial charge in [-0.25, -0.2) is 4.68 Å². The van der Waals surface area contributed by atoms with Crippen LogP contribution in [-0.4, -0.2) is 43.9 Å². The van der Waals surface area contributed by atoms with Gasteiger partial charge in [-0.2, -0.15) is 0 Å². The van der Waals surface area contributed by atoms with Gasteiger partial charge in [0.2, 0.25) is 0 Å². The first kappa shape index (κ1) is 15.5. The lowest BCUT2D eigenvalue weighted by Gasteiger charge is -2.33. The Morgan fingerprint density at radius 3 is 2.56 bits per heavy atom. The molecule has 0 bridgehead atoms. The van der Waals surface area contributed by atoms with Crippen LogP contribution in [0.5, 0.6) is 0 Å². The summed E-state index contributed by atoms with van der Waals surface area (Å²) in [7, 11) is 0. The lowest BCUT2D eigenvalue weighted by Crippen LogP contribution is -2.39. The highest BCUT2D eigenvalue weighted by atomic mass is 16.2. The maximum Gasteiger partial charge on any atom is 0.253 e. The largest absolute Gasteiger partial charge is 0.338 e. The van der Waals surface area contributed by atoms with Crippen molar-refractivity contribution < 1.29 is 4.79 Å². The molecule has 126 valence electrons. The average molecular weight is 333 g/mol. The number of aromatic nitrogens is 4. The second-order valence-corrected chi connectivity index (χ2v) is 6.27. The Kier molecular flexibility index (Phi) is 4.24. The van der Waals surface area contributed by atoms with Gasteiger partial charge < -0.3 is 4.90 Å². The van der Waals surface area contributed by atoms with E-state index in [2.05, 4.69) is 15.3 Å². The number of pyridine rings is 1. The summed E-state index contributed by atoms with van der Waals surface area (Å²) in [6.45, 7) is 1.57. The summed E-state index contributed by atoms with van der Waals surface area (Å²) in [5, 5.41) is 7.76. The van der Waals surface area contributed by atoms with Gasteiger partial charge in [0.05, 0.1) is 18.1 Å². The third kappa shape index (κ3) is 3.28. The number of hydrogen-bond donors (Lipinski definition) is 0. The number of nitrogens with zero attached hydrogens (tertiary/aromatic N) is 5. The van der Waals surface area contributed by atoms with Crippen molar-refractivity contribution in [3.8, 4) is 5.69 Å². The normalized spacial score (nSPS) is 17.4. The molecule has 1 aromatic carbocycles. The van der Waals surface area contributed by atoms with Crippen LogP contribution in [0.3, 0.4) is 0 Å². The van der Waals surface area contributed by atoms with Crippen molar-refractivity contribution in [3.63, 3.8) is 0 Å². The van der Waals surface area contributed by atoms with Crippen LogP contribution in [0.4, 0.5) is 0 Å². The molecule has 0 aliphatic carbocycles. The third-order valence-corrected chi connectivity index (χ3v) is 4.69. The molecule has 1 saturated heterocycles. The summed E-state index contributed by atoms with van der Waals surface area (Å²) in [6, 6.07) is 11.6. The average Bonchev–Trinajstić information content (AvgIpc) is 3.23. The monoisotopic (exact) mass is 333 g/mol. The fraction of sp³-hybridized carbons (Fsp3) is 0.263. The molecular weight excluding hydrogens is 314 g/mol. The Labute approximate surface area is 146 Å². The van der Waals surface area contributed by atoms with Gasteiger partial charge in [-0.05, 0) is 54.8 Å². The van der Waals surface area contributed by atoms with Gasteiger partial charge in [-0.3, -0.25) is 9.78 Å². The number of hydrogen-bond acceptors (Lipinski definition) is 4. The number of benzene rings is 1. The first-order valence-electron chi connectivity index (χ1n) is 8.47. The maximum atomic E-state index is 12.9. The molecule has 0 N–H and O–H groups in total. The van der Waals surface area contributed by atoms with E-state index < -0.39 is 0 Å². The van der Waals surface area contributed by atoms with Crippen LogP contribution >= 0.6 is 0 Å². The Morgan fingerprint density at radius 1 is 1.04 bits per heavy atom. The zero-order valence-corrected chi connectivity index (χ0v) is 13.8. The topological polar surface area (TPSA) is 63.9 Å². The van der Waals surface area contributed by atoms with Crippen LogP contribution in [0.15, 0.2) is 61.2 Å². The van der Waals surface area contributed by atoms with Crippen molar-refractivity contribution in [1.29, 1.82) is 0 Å². The molecule has 6 heteroatoms. The van der Waals surface area contributed by atoms with E-state index in [-0.39, 0.29) is 5.91 Å². The first-order valence-corrected chi connectivity index (χ1v) is 8.47. The highest BCUT2D eigenvalue weighted by Gasteiger charge is 2.25. The van der Waals surface area contributed by atoms with E-state index in [1.165, 1.54) is 5.56 Å². The smallest absolute Gasteiger partial charge is 0.253 e. The summed E-state index contributed by atoms with van der Waals surface area (Å²) >= 11 is 0. The van der Waals surface area contributed by atoms with Gasteiger partial charge >= 0.3 is 0 Å². The molecule has 1 atom stereocenters. The van der Waals surface area contributed by atoms with Crippen molar-refractivity contribution >= 4 is 5.91 Å². The van der Waals surface area contributed by atoms with E-state index in [1.54, 1.807) is 17.1 Å². The van der Waals surface area contributed by atoms with Gasteiger partial charge in [0.15, 0.2) is 0 Å². The summed E-state index contributed by atoms with van der Waals surface area (Å²) in [6.07, 6.45) is 9.18. The molecule has 4 rings (SSSR count). The highest BCUT2D eigenvalue weighted by Crippen LogP contribution is 2.27. The molecule has 0 unspecified atom stereocenters. The number of rotatable bonds is 3. The van der Waals surface area contributed by atoms with Crippen LogP contribution in [0.25, 0.3) is 5.69 Å². The summed E-state index contributed by atoms with van der Waals surface area (Å²) < 4.78 is 1.68. The predicted octanol–water partition coefficient (Wildman–Crippen LogP) is 2.68. The molecule has 25 heavy (non-hydrogen) atoms. The first-order chi connectivity index (χ1) is 12.3. The zero-order chi connectivity index (χ0) is 17.1. The minimum Gasteiger partial charge on any atom is -0.338 e. The van der Waals surface area contributed by atoms with Crippen molar-refractivity contribution in [2.45, 2.75) is 18.8 Å². The summed E-state index contributed by atoms with van der Waals surface area (Å²) in [5.74, 6) is 0.471. The van der Waals surface area contributed by atoms with E-state index in [1.807, 2.05) is 53.7 Å². The van der Waals surface area contributed by atoms with E-state index >= 15 is 0 Å². The second-order valence-electron chi connectivity index (χ2n) is 6.27. The Morgan fingerprint density at radius 2 is 1.84 bits per heavy atom. The van der Waals surface area contributed by atoms with Gasteiger partial charge in [-0.15, -0.1) is 5.10 Å². The highest BCUT2D eigenvalue weighted by molar-refractivity contribution is 5.94. The van der Waals surface area contributed by atoms with E-state index in [0.29, 0.717) is 11.5 Å². The SMILES string of the molecule is O=C(c1ccc(-n2ccnn2)cc1)N1CCC[C@@H](c2ccncc2)C1. The van der Waals surface area contributed by atoms with E-state index in [9.17, 15) is 4.79 Å². The van der Waals surface area contributed by atoms with Crippen molar-refractivity contribution in [1.82, 2.24) is 24.9 Å². The van der Waals surface area contributed by atoms with Crippen molar-refractivity contribution in [2.75, 3.05) is 13.1 Å². The molecule has 0 saturated carbocycles. The van der Waals surface area contributed by atoms with Crippen LogP contribution < -0.4 is 0 Å². The van der Waals surface area contributed by atoms with E-state index in [0.717, 1.165) is 31.6 Å². The summed E-state index contributed by atoms with van der Waals surface area (Å²) in [5.41, 5.74) is 2.86. The fourth-order valence-electron chi connectivity index (χ4n) is 3.35. The summed E-state index contributed by atoms with van der Waals surface area (Å²) in [4.78, 5) is 18.9. The molecule has 3 heterocycles. The lowest BCUT2D eigenvalue weighted by atomic mass is 9.91. The van der Waals surface area contributed by atoms with Crippen LogP contribution in [0.2, 0.25) is 0 Å². The zero-order valence-electron chi connectivity index (χ0n) is 13.8. The Hall–Kier alpha value is -3.02. The molecule has 1 aliphatic rings. The third-order valence-electron chi connectivity index (χ3n) is 4.69. The standard InChI is InChI=1S/C19H19N5O/c25-19(16-3-5-18(6-4-16)24-13-11-21-22-24)23-12-1-2-17(14-23)15-7-9-20-10-8-15/h3-11,13,17H,1-2,12,14H2/t17-/m1/s1. The number of piperidine rings is 1. The van der Waals surface area contributed by atoms with Gasteiger partial charge in [0.1, 0.15) is 0 Å². The van der Waals surface area contributed by atoms with Crippen molar-refractivity contribution in [2.24, 2.45) is 0 Å². The molecule has 1 aliphatic heterocycles. The molecule has 3 aromatic rings. The molecule has 1 fully saturated rings. The maximum absolute atomic E-state index is 12.9. The number of carbonyl (C=O) groups is 1. The molecule has 1 amide bonds. The lowest BCUT2D eigenvalue weighted by molar-refractivity contribution is 0.0707. The van der Waals surface area contributed by atoms with Crippen LogP contribution in [0, 0.1) is 0 Å². The molecule has 0 radical (unpaired) electrons. The quantitative estimate of drug-likeness (QED) is 0.739. The minimum atomic E-state index is 0.0869. The minimum absolute atomic E-state index is 0.0869. The molecule has 0 spiro atoms. The number of amides is 1. The van der Waals surface area contributed by atoms with Crippen LogP contribution in [-0.2, 0) is 0 Å². The van der Waals surface area contributed by atoms with E-state index in [4.69, 9.17) is 0 Å². The van der Waals surface area contributed by atoms with Crippen LogP contribution in [0.1, 0.15) is 34.7 Å². The van der Waals surface area contributed by atoms with Gasteiger partial charge in [0.25, 0.3) is 5.91 Å². The van der Waals surface area contributed by atoms with Gasteiger partial charge in [-0.1, -0.05) is 5.21 Å². The predicted molar refractivity (Wildman–Crippen MR) is 93.5 cm³/mol. The Bertz CT molecular complexity index is 830. The molecule has 2 aromatic heterocycles. The number of carbonyl (C=O) groups excluding carboxylic acids is 1. The number of likely N-dealkylation sites (tertiary alicyclic amines) is 1. The Balaban J connectivity index is 1.48. The molecule has 6 nitrogen and oxygen atoms in total. The fourth-order valence-corrected chi connectivity index (χ4v) is 3.35.